The molecule has 0 unspecified atom stereocenters. The number of nitrogens with one attached hydrogen (secondary N) is 2. The van der Waals surface area contributed by atoms with Crippen LogP contribution in [0.4, 0.5) is 10.2 Å². The molecule has 2 aliphatic heterocycles. The van der Waals surface area contributed by atoms with E-state index in [4.69, 9.17) is 4.98 Å². The van der Waals surface area contributed by atoms with Gasteiger partial charge >= 0.3 is 5.97 Å². The fourth-order valence-corrected chi connectivity index (χ4v) is 4.41. The topological polar surface area (TPSA) is 77.5 Å². The summed E-state index contributed by atoms with van der Waals surface area (Å²) in [7, 11) is 0. The summed E-state index contributed by atoms with van der Waals surface area (Å²) >= 11 is 0. The third kappa shape index (κ3) is 5.60. The number of carboxylic acid groups (broad SMARTS) is 1. The molecule has 1 saturated heterocycles. The van der Waals surface area contributed by atoms with E-state index in [0.29, 0.717) is 11.1 Å². The first-order valence-electron chi connectivity index (χ1n) is 11.2. The van der Waals surface area contributed by atoms with Crippen molar-refractivity contribution in [3.63, 3.8) is 0 Å². The molecule has 1 aromatic heterocycles. The van der Waals surface area contributed by atoms with Crippen molar-refractivity contribution in [2.24, 2.45) is 0 Å². The van der Waals surface area contributed by atoms with Crippen LogP contribution in [0.15, 0.2) is 30.3 Å². The first-order chi connectivity index (χ1) is 15.0. The van der Waals surface area contributed by atoms with Crippen molar-refractivity contribution in [2.45, 2.75) is 51.1 Å². The number of carbonyl (C=O) groups is 1. The fraction of sp³-hybridized carbons (Fsp3) is 0.500. The van der Waals surface area contributed by atoms with E-state index in [1.807, 2.05) is 6.07 Å². The highest BCUT2D eigenvalue weighted by atomic mass is 19.1. The number of nitrogens with zero attached hydrogens (tertiary/aromatic N) is 2. The summed E-state index contributed by atoms with van der Waals surface area (Å²) in [5.74, 6) is -0.133. The minimum atomic E-state index is -0.887. The van der Waals surface area contributed by atoms with Gasteiger partial charge in [-0.2, -0.15) is 0 Å². The Kier molecular flexibility index (Phi) is 6.83. The largest absolute Gasteiger partial charge is 0.481 e. The molecule has 31 heavy (non-hydrogen) atoms. The monoisotopic (exact) mass is 426 g/mol. The second-order valence-electron chi connectivity index (χ2n) is 8.73. The number of carboxylic acids is 1. The Bertz CT molecular complexity index is 930. The van der Waals surface area contributed by atoms with E-state index in [2.05, 4.69) is 27.7 Å². The predicted molar refractivity (Wildman–Crippen MR) is 119 cm³/mol. The number of halogens is 1. The van der Waals surface area contributed by atoms with Gasteiger partial charge in [-0.1, -0.05) is 18.2 Å². The molecule has 2 aromatic rings. The fourth-order valence-electron chi connectivity index (χ4n) is 4.41. The van der Waals surface area contributed by atoms with Crippen LogP contribution in [0.5, 0.6) is 0 Å². The third-order valence-electron chi connectivity index (χ3n) is 6.23. The van der Waals surface area contributed by atoms with Crippen LogP contribution in [0, 0.1) is 12.7 Å². The van der Waals surface area contributed by atoms with Gasteiger partial charge in [0.2, 0.25) is 0 Å². The predicted octanol–water partition coefficient (Wildman–Crippen LogP) is 3.31. The quantitative estimate of drug-likeness (QED) is 0.571. The van der Waals surface area contributed by atoms with Crippen molar-refractivity contribution >= 4 is 11.8 Å². The number of aromatic nitrogens is 1. The summed E-state index contributed by atoms with van der Waals surface area (Å²) in [5.41, 5.74) is 3.70. The summed E-state index contributed by atoms with van der Waals surface area (Å²) in [4.78, 5) is 18.4. The molecule has 1 aromatic carbocycles. The van der Waals surface area contributed by atoms with Crippen molar-refractivity contribution in [1.29, 1.82) is 0 Å². The Morgan fingerprint density at radius 3 is 2.97 bits per heavy atom. The van der Waals surface area contributed by atoms with Gasteiger partial charge < -0.3 is 20.6 Å². The molecule has 166 valence electrons. The number of benzene rings is 1. The highest BCUT2D eigenvalue weighted by Gasteiger charge is 2.29. The van der Waals surface area contributed by atoms with Crippen LogP contribution in [0.25, 0.3) is 0 Å². The van der Waals surface area contributed by atoms with Crippen molar-refractivity contribution in [2.75, 3.05) is 31.5 Å². The molecule has 7 heteroatoms. The lowest BCUT2D eigenvalue weighted by Crippen LogP contribution is -2.58. The number of rotatable bonds is 9. The summed E-state index contributed by atoms with van der Waals surface area (Å²) < 4.78 is 14.0. The Labute approximate surface area is 182 Å². The molecule has 4 rings (SSSR count). The van der Waals surface area contributed by atoms with Crippen molar-refractivity contribution < 1.29 is 14.3 Å². The van der Waals surface area contributed by atoms with Gasteiger partial charge in [-0.3, -0.25) is 4.79 Å². The maximum absolute atomic E-state index is 14.0. The molecule has 0 saturated carbocycles. The van der Waals surface area contributed by atoms with Gasteiger partial charge in [0, 0.05) is 37.4 Å². The summed E-state index contributed by atoms with van der Waals surface area (Å²) in [6.07, 6.45) is 4.21. The molecule has 1 atom stereocenters. The lowest BCUT2D eigenvalue weighted by molar-refractivity contribution is -0.137. The zero-order valence-corrected chi connectivity index (χ0v) is 18.0. The van der Waals surface area contributed by atoms with Crippen molar-refractivity contribution in [3.8, 4) is 0 Å². The lowest BCUT2D eigenvalue weighted by atomic mass is 9.99. The van der Waals surface area contributed by atoms with Crippen LogP contribution in [0.1, 0.15) is 47.7 Å². The molecule has 2 aliphatic rings. The molecule has 0 aliphatic carbocycles. The maximum atomic E-state index is 14.0. The number of pyridine rings is 1. The number of anilines is 1. The number of aliphatic carboxylic acids is 1. The molecule has 0 bridgehead atoms. The Balaban J connectivity index is 1.23. The van der Waals surface area contributed by atoms with Gasteiger partial charge in [0.15, 0.2) is 0 Å². The highest BCUT2D eigenvalue weighted by Crippen LogP contribution is 2.23. The van der Waals surface area contributed by atoms with Crippen LogP contribution < -0.4 is 10.6 Å². The van der Waals surface area contributed by atoms with E-state index in [0.717, 1.165) is 57.0 Å². The summed E-state index contributed by atoms with van der Waals surface area (Å²) in [5, 5.41) is 16.1. The zero-order chi connectivity index (χ0) is 21.8. The van der Waals surface area contributed by atoms with Gasteiger partial charge in [0.25, 0.3) is 0 Å². The second-order valence-corrected chi connectivity index (χ2v) is 8.73. The molecule has 6 nitrogen and oxygen atoms in total. The Morgan fingerprint density at radius 1 is 1.35 bits per heavy atom. The van der Waals surface area contributed by atoms with Crippen LogP contribution in [0.3, 0.4) is 0 Å². The molecule has 1 fully saturated rings. The number of hydrogen-bond acceptors (Lipinski definition) is 5. The number of hydrogen-bond donors (Lipinski definition) is 3. The minimum Gasteiger partial charge on any atom is -0.481 e. The van der Waals surface area contributed by atoms with Gasteiger partial charge in [-0.25, -0.2) is 9.37 Å². The minimum absolute atomic E-state index is 0.0585. The number of fused-ring (bicyclic) bond motifs is 1. The molecular formula is C24H31FN4O2. The smallest absolute Gasteiger partial charge is 0.305 e. The van der Waals surface area contributed by atoms with Gasteiger partial charge in [-0.05, 0) is 68.0 Å². The highest BCUT2D eigenvalue weighted by molar-refractivity contribution is 5.68. The van der Waals surface area contributed by atoms with Crippen LogP contribution >= 0.6 is 0 Å². The molecule has 3 heterocycles. The summed E-state index contributed by atoms with van der Waals surface area (Å²) in [6, 6.07) is 9.15. The normalized spacial score (nSPS) is 17.5. The SMILES string of the molecule is Cc1ccc([C@H](CC(=O)O)NC2CN(CCCc3ccc4c(n3)NCCC4)C2)cc1F. The molecule has 3 N–H and O–H groups in total. The number of likely N-dealkylation sites (tertiary alicyclic amines) is 1. The first-order valence-corrected chi connectivity index (χ1v) is 11.2. The first kappa shape index (κ1) is 21.7. The van der Waals surface area contributed by atoms with Gasteiger partial charge in [-0.15, -0.1) is 0 Å². The van der Waals surface area contributed by atoms with E-state index in [1.165, 1.54) is 18.1 Å². The van der Waals surface area contributed by atoms with E-state index in [1.54, 1.807) is 13.0 Å². The standard InChI is InChI=1S/C24H31FN4O2/c1-16-6-7-18(12-21(16)25)22(13-23(30)31)27-20-14-29(15-20)11-3-5-19-9-8-17-4-2-10-26-24(17)28-19/h6-9,12,20,22,27H,2-5,10-11,13-15H2,1H3,(H,26,28)(H,30,31)/t22-/m0/s1. The lowest BCUT2D eigenvalue weighted by Gasteiger charge is -2.41. The molecular weight excluding hydrogens is 395 g/mol. The molecule has 0 amide bonds. The van der Waals surface area contributed by atoms with E-state index >= 15 is 0 Å². The van der Waals surface area contributed by atoms with Crippen molar-refractivity contribution in [1.82, 2.24) is 15.2 Å². The Morgan fingerprint density at radius 2 is 2.19 bits per heavy atom. The van der Waals surface area contributed by atoms with Crippen LogP contribution in [-0.4, -0.2) is 53.2 Å². The van der Waals surface area contributed by atoms with E-state index in [9.17, 15) is 14.3 Å². The maximum Gasteiger partial charge on any atom is 0.305 e. The van der Waals surface area contributed by atoms with Crippen LogP contribution in [-0.2, 0) is 17.6 Å². The van der Waals surface area contributed by atoms with Crippen molar-refractivity contribution in [3.05, 3.63) is 58.5 Å². The number of aryl methyl sites for hydroxylation is 3. The average Bonchev–Trinajstić information content (AvgIpc) is 2.72. The van der Waals surface area contributed by atoms with E-state index < -0.39 is 5.97 Å². The third-order valence-corrected chi connectivity index (χ3v) is 6.23. The second kappa shape index (κ2) is 9.75. The van der Waals surface area contributed by atoms with E-state index in [-0.39, 0.29) is 24.3 Å². The summed E-state index contributed by atoms with van der Waals surface area (Å²) in [6.45, 7) is 5.46. The molecule has 0 spiro atoms. The van der Waals surface area contributed by atoms with Gasteiger partial charge in [0.05, 0.1) is 6.42 Å². The van der Waals surface area contributed by atoms with Gasteiger partial charge in [0.1, 0.15) is 11.6 Å². The Hall–Kier alpha value is -2.51. The molecule has 0 radical (unpaired) electrons. The zero-order valence-electron chi connectivity index (χ0n) is 18.0. The van der Waals surface area contributed by atoms with Crippen LogP contribution in [0.2, 0.25) is 0 Å². The average molecular weight is 427 g/mol.